The Balaban J connectivity index is 2.06. The van der Waals surface area contributed by atoms with Crippen molar-refractivity contribution in [3.8, 4) is 18.0 Å². The molecule has 3 aromatic rings. The average Bonchev–Trinajstić information content (AvgIpc) is 2.69. The number of aryl methyl sites for hydroxylation is 1. The van der Waals surface area contributed by atoms with Gasteiger partial charge < -0.3 is 0 Å². The van der Waals surface area contributed by atoms with E-state index in [0.717, 1.165) is 11.1 Å². The molecule has 0 aliphatic rings. The van der Waals surface area contributed by atoms with Crippen LogP contribution in [0.15, 0.2) is 83.8 Å². The molecule has 0 fully saturated rings. The zero-order valence-electron chi connectivity index (χ0n) is 14.6. The maximum Gasteiger partial charge on any atom is 0.276 e. The van der Waals surface area contributed by atoms with Crippen LogP contribution in [0.1, 0.15) is 16.7 Å². The van der Waals surface area contributed by atoms with Gasteiger partial charge in [-0.05, 0) is 43.3 Å². The predicted molar refractivity (Wildman–Crippen MR) is 105 cm³/mol. The fourth-order valence-corrected chi connectivity index (χ4v) is 3.69. The van der Waals surface area contributed by atoms with Crippen molar-refractivity contribution in [2.75, 3.05) is 4.31 Å². The number of rotatable bonds is 3. The summed E-state index contributed by atoms with van der Waals surface area (Å²) < 4.78 is 26.6. The number of hydrogen-bond acceptors (Lipinski definition) is 3. The van der Waals surface area contributed by atoms with E-state index >= 15 is 0 Å². The van der Waals surface area contributed by atoms with Gasteiger partial charge in [0, 0.05) is 5.56 Å². The van der Waals surface area contributed by atoms with E-state index in [-0.39, 0.29) is 10.6 Å². The van der Waals surface area contributed by atoms with E-state index in [4.69, 9.17) is 0 Å². The van der Waals surface area contributed by atoms with Crippen molar-refractivity contribution in [3.63, 3.8) is 0 Å². The fraction of sp³-hybridized carbons (Fsp3) is 0.0455. The summed E-state index contributed by atoms with van der Waals surface area (Å²) in [5.41, 5.74) is 2.42. The normalized spacial score (nSPS) is 10.4. The van der Waals surface area contributed by atoms with Crippen LogP contribution in [0.2, 0.25) is 0 Å². The monoisotopic (exact) mass is 372 g/mol. The van der Waals surface area contributed by atoms with Crippen molar-refractivity contribution in [2.45, 2.75) is 11.8 Å². The zero-order chi connectivity index (χ0) is 19.3. The van der Waals surface area contributed by atoms with Gasteiger partial charge in [-0.3, -0.25) is 0 Å². The number of nitrogens with zero attached hydrogens (tertiary/aromatic N) is 2. The summed E-state index contributed by atoms with van der Waals surface area (Å²) in [7, 11) is -4.02. The highest BCUT2D eigenvalue weighted by atomic mass is 32.2. The summed E-state index contributed by atoms with van der Waals surface area (Å²) in [6, 6.07) is 22.5. The molecule has 0 unspecified atom stereocenters. The van der Waals surface area contributed by atoms with E-state index in [1.165, 1.54) is 12.1 Å². The Morgan fingerprint density at radius 2 is 1.44 bits per heavy atom. The van der Waals surface area contributed by atoms with Gasteiger partial charge in [0.25, 0.3) is 10.0 Å². The second-order valence-corrected chi connectivity index (χ2v) is 7.60. The molecule has 0 heterocycles. The minimum absolute atomic E-state index is 0.0560. The van der Waals surface area contributed by atoms with E-state index in [0.29, 0.717) is 9.87 Å². The third kappa shape index (κ3) is 4.00. The Labute approximate surface area is 159 Å². The van der Waals surface area contributed by atoms with Gasteiger partial charge in [0.05, 0.1) is 16.1 Å². The molecule has 0 atom stereocenters. The van der Waals surface area contributed by atoms with Crippen molar-refractivity contribution in [2.24, 2.45) is 0 Å². The molecule has 0 aliphatic carbocycles. The van der Waals surface area contributed by atoms with Gasteiger partial charge in [-0.15, -0.1) is 0 Å². The number of para-hydroxylation sites is 1. The highest BCUT2D eigenvalue weighted by molar-refractivity contribution is 7.93. The second kappa shape index (κ2) is 7.78. The predicted octanol–water partition coefficient (Wildman–Crippen LogP) is 4.07. The maximum atomic E-state index is 13.0. The molecular formula is C22H16N2O2S. The van der Waals surface area contributed by atoms with Crippen LogP contribution in [0.4, 0.5) is 5.69 Å². The topological polar surface area (TPSA) is 61.2 Å². The van der Waals surface area contributed by atoms with E-state index in [2.05, 4.69) is 11.8 Å². The van der Waals surface area contributed by atoms with Crippen LogP contribution < -0.4 is 4.31 Å². The minimum atomic E-state index is -4.02. The van der Waals surface area contributed by atoms with Crippen LogP contribution in [0.3, 0.4) is 0 Å². The van der Waals surface area contributed by atoms with E-state index in [1.807, 2.05) is 37.3 Å². The van der Waals surface area contributed by atoms with Crippen LogP contribution in [-0.4, -0.2) is 8.42 Å². The number of sulfonamides is 1. The Bertz CT molecular complexity index is 1150. The smallest absolute Gasteiger partial charge is 0.200 e. The number of benzene rings is 3. The third-order valence-corrected chi connectivity index (χ3v) is 5.52. The van der Waals surface area contributed by atoms with Gasteiger partial charge in [-0.25, -0.2) is 0 Å². The number of hydrogen-bond donors (Lipinski definition) is 0. The van der Waals surface area contributed by atoms with Gasteiger partial charge in [-0.1, -0.05) is 59.9 Å². The molecule has 0 saturated carbocycles. The van der Waals surface area contributed by atoms with E-state index in [9.17, 15) is 13.7 Å². The number of nitriles is 1. The Hall–Kier alpha value is -3.54. The van der Waals surface area contributed by atoms with E-state index < -0.39 is 10.0 Å². The summed E-state index contributed by atoms with van der Waals surface area (Å²) in [5, 5.41) is 9.59. The fourth-order valence-electron chi connectivity index (χ4n) is 2.47. The quantitative estimate of drug-likeness (QED) is 0.395. The molecule has 0 aromatic heterocycles. The van der Waals surface area contributed by atoms with Crippen LogP contribution in [0.5, 0.6) is 0 Å². The van der Waals surface area contributed by atoms with Gasteiger partial charge in [0.1, 0.15) is 0 Å². The lowest BCUT2D eigenvalue weighted by Gasteiger charge is -2.17. The van der Waals surface area contributed by atoms with Crippen molar-refractivity contribution in [1.82, 2.24) is 0 Å². The standard InChI is InChI=1S/C22H16N2O2S/c1-18-11-15-21(16-12-18)27(25,26)24(17-23)22-10-6-5-9-20(22)14-13-19-7-3-2-4-8-19/h2-12,15-16H,1H3. The van der Waals surface area contributed by atoms with Crippen LogP contribution in [-0.2, 0) is 10.0 Å². The zero-order valence-corrected chi connectivity index (χ0v) is 15.4. The molecule has 0 spiro atoms. The minimum Gasteiger partial charge on any atom is -0.200 e. The molecule has 5 heteroatoms. The summed E-state index contributed by atoms with van der Waals surface area (Å²) in [6.07, 6.45) is 1.79. The Kier molecular flexibility index (Phi) is 5.26. The molecule has 0 amide bonds. The lowest BCUT2D eigenvalue weighted by Crippen LogP contribution is -2.26. The van der Waals surface area contributed by atoms with Crippen molar-refractivity contribution in [3.05, 3.63) is 95.6 Å². The third-order valence-electron chi connectivity index (χ3n) is 3.89. The molecule has 0 radical (unpaired) electrons. The first-order valence-corrected chi connectivity index (χ1v) is 9.64. The second-order valence-electron chi connectivity index (χ2n) is 5.82. The first-order chi connectivity index (χ1) is 13.0. The highest BCUT2D eigenvalue weighted by Gasteiger charge is 2.26. The van der Waals surface area contributed by atoms with Crippen molar-refractivity contribution in [1.29, 1.82) is 5.26 Å². The molecule has 0 aliphatic heterocycles. The Morgan fingerprint density at radius 3 is 2.11 bits per heavy atom. The summed E-state index contributed by atoms with van der Waals surface area (Å²) in [6.45, 7) is 1.87. The van der Waals surface area contributed by atoms with Crippen molar-refractivity contribution < 1.29 is 8.42 Å². The van der Waals surface area contributed by atoms with Gasteiger partial charge in [0.15, 0.2) is 6.19 Å². The van der Waals surface area contributed by atoms with E-state index in [1.54, 1.807) is 42.6 Å². The van der Waals surface area contributed by atoms with Gasteiger partial charge >= 0.3 is 0 Å². The maximum absolute atomic E-state index is 13.0. The number of anilines is 1. The van der Waals surface area contributed by atoms with Crippen LogP contribution in [0, 0.1) is 30.2 Å². The summed E-state index contributed by atoms with van der Waals surface area (Å²) >= 11 is 0. The lowest BCUT2D eigenvalue weighted by atomic mass is 10.1. The first kappa shape index (κ1) is 18.3. The molecule has 3 aromatic carbocycles. The lowest BCUT2D eigenvalue weighted by molar-refractivity contribution is 0.596. The molecule has 132 valence electrons. The largest absolute Gasteiger partial charge is 0.276 e. The highest BCUT2D eigenvalue weighted by Crippen LogP contribution is 2.26. The molecule has 0 N–H and O–H groups in total. The Morgan fingerprint density at radius 1 is 0.815 bits per heavy atom. The molecule has 27 heavy (non-hydrogen) atoms. The van der Waals surface area contributed by atoms with Crippen molar-refractivity contribution >= 4 is 15.7 Å². The molecular weight excluding hydrogens is 356 g/mol. The molecule has 0 saturated heterocycles. The SMILES string of the molecule is Cc1ccc(S(=O)(=O)N(C#N)c2ccccc2C#Cc2ccccc2)cc1. The summed E-state index contributed by atoms with van der Waals surface area (Å²) in [4.78, 5) is 0.0560. The average molecular weight is 372 g/mol. The molecule has 3 rings (SSSR count). The van der Waals surface area contributed by atoms with Crippen LogP contribution in [0.25, 0.3) is 0 Å². The van der Waals surface area contributed by atoms with Gasteiger partial charge in [-0.2, -0.15) is 18.0 Å². The van der Waals surface area contributed by atoms with Gasteiger partial charge in [0.2, 0.25) is 0 Å². The first-order valence-electron chi connectivity index (χ1n) is 8.20. The molecule has 0 bridgehead atoms. The van der Waals surface area contributed by atoms with Crippen LogP contribution >= 0.6 is 0 Å². The molecule has 4 nitrogen and oxygen atoms in total. The summed E-state index contributed by atoms with van der Waals surface area (Å²) in [5.74, 6) is 5.97.